The fourth-order valence-electron chi connectivity index (χ4n) is 9.06. The third-order valence-corrected chi connectivity index (χ3v) is 11.3. The first-order valence-corrected chi connectivity index (χ1v) is 16.8. The highest BCUT2D eigenvalue weighted by Gasteiger charge is 2.40. The normalized spacial score (nSPS) is 36.9. The van der Waals surface area contributed by atoms with Crippen LogP contribution in [0.5, 0.6) is 0 Å². The Kier molecular flexibility index (Phi) is 9.60. The summed E-state index contributed by atoms with van der Waals surface area (Å²) in [4.78, 5) is 6.20. The summed E-state index contributed by atoms with van der Waals surface area (Å²) >= 11 is 0. The lowest BCUT2D eigenvalue weighted by Gasteiger charge is -2.51. The molecule has 0 N–H and O–H groups in total. The number of hydrogen-bond donors (Lipinski definition) is 0. The summed E-state index contributed by atoms with van der Waals surface area (Å²) in [5.41, 5.74) is 0.395. The number of nitrogens with zero attached hydrogens (tertiary/aromatic N) is 2. The highest BCUT2D eigenvalue weighted by atomic mass is 15.2. The second kappa shape index (κ2) is 12.7. The van der Waals surface area contributed by atoms with Gasteiger partial charge >= 0.3 is 0 Å². The molecule has 3 saturated carbocycles. The molecule has 210 valence electrons. The van der Waals surface area contributed by atoms with E-state index in [0.717, 1.165) is 36.0 Å². The van der Waals surface area contributed by atoms with Crippen molar-refractivity contribution in [2.24, 2.45) is 17.3 Å². The molecule has 2 nitrogen and oxygen atoms in total. The van der Waals surface area contributed by atoms with Gasteiger partial charge in [-0.2, -0.15) is 0 Å². The SMILES string of the molecule is CC1C=C[C@@H](N(C2C=C[C@@H](C(C)(C)C)CC2)C2CCC(N(C3CCCCC3)C3CCCCC3)CC2)CC1. The Balaban J connectivity index is 1.29. The summed E-state index contributed by atoms with van der Waals surface area (Å²) < 4.78 is 0. The lowest BCUT2D eigenvalue weighted by Crippen LogP contribution is -2.55. The van der Waals surface area contributed by atoms with Crippen LogP contribution >= 0.6 is 0 Å². The summed E-state index contributed by atoms with van der Waals surface area (Å²) in [6.07, 6.45) is 36.4. The van der Waals surface area contributed by atoms with Crippen LogP contribution in [0.15, 0.2) is 24.3 Å². The Morgan fingerprint density at radius 1 is 0.459 bits per heavy atom. The van der Waals surface area contributed by atoms with Gasteiger partial charge in [0.05, 0.1) is 0 Å². The van der Waals surface area contributed by atoms with E-state index in [2.05, 4.69) is 61.8 Å². The average Bonchev–Trinajstić information content (AvgIpc) is 2.92. The van der Waals surface area contributed by atoms with Crippen LogP contribution in [0.3, 0.4) is 0 Å². The maximum absolute atomic E-state index is 3.16. The van der Waals surface area contributed by atoms with Crippen LogP contribution in [-0.2, 0) is 0 Å². The molecule has 2 unspecified atom stereocenters. The van der Waals surface area contributed by atoms with Crippen molar-refractivity contribution in [2.75, 3.05) is 0 Å². The maximum Gasteiger partial charge on any atom is 0.0287 e. The zero-order valence-corrected chi connectivity index (χ0v) is 25.1. The van der Waals surface area contributed by atoms with Crippen molar-refractivity contribution in [3.05, 3.63) is 24.3 Å². The molecule has 5 rings (SSSR count). The summed E-state index contributed by atoms with van der Waals surface area (Å²) in [5, 5.41) is 0. The lowest BCUT2D eigenvalue weighted by molar-refractivity contribution is -0.00218. The molecule has 0 aliphatic heterocycles. The summed E-state index contributed by atoms with van der Waals surface area (Å²) in [6.45, 7) is 9.69. The van der Waals surface area contributed by atoms with Gasteiger partial charge in [-0.15, -0.1) is 0 Å². The molecule has 0 aromatic heterocycles. The first-order chi connectivity index (χ1) is 17.9. The standard InChI is InChI=1S/C35H60N2/c1-27-15-19-31(20-16-27)37(32-21-17-28(18-22-32)35(2,3)4)34-25-23-33(24-26-34)36(29-11-7-5-8-12-29)30-13-9-6-10-14-30/h15,17,19,21,27-34H,5-14,16,18,20,22-26H2,1-4H3/t27?,28-,31-,32?,33?,34?/m1/s1. The highest BCUT2D eigenvalue weighted by Crippen LogP contribution is 2.41. The van der Waals surface area contributed by atoms with Crippen LogP contribution in [0.25, 0.3) is 0 Å². The van der Waals surface area contributed by atoms with Gasteiger partial charge in [0.25, 0.3) is 0 Å². The van der Waals surface area contributed by atoms with Gasteiger partial charge in [0.2, 0.25) is 0 Å². The molecule has 0 bridgehead atoms. The Morgan fingerprint density at radius 2 is 0.919 bits per heavy atom. The van der Waals surface area contributed by atoms with Crippen LogP contribution < -0.4 is 0 Å². The molecule has 5 aliphatic carbocycles. The molecule has 0 heterocycles. The first-order valence-electron chi connectivity index (χ1n) is 16.8. The molecule has 2 heteroatoms. The van der Waals surface area contributed by atoms with Crippen molar-refractivity contribution < 1.29 is 0 Å². The van der Waals surface area contributed by atoms with Crippen LogP contribution in [0.2, 0.25) is 0 Å². The third kappa shape index (κ3) is 6.95. The van der Waals surface area contributed by atoms with Gasteiger partial charge in [-0.05, 0) is 94.3 Å². The Labute approximate surface area is 230 Å². The molecule has 5 aliphatic rings. The van der Waals surface area contributed by atoms with E-state index >= 15 is 0 Å². The fourth-order valence-corrected chi connectivity index (χ4v) is 9.06. The molecule has 3 fully saturated rings. The van der Waals surface area contributed by atoms with Crippen molar-refractivity contribution in [2.45, 2.75) is 180 Å². The zero-order chi connectivity index (χ0) is 25.8. The molecule has 0 aromatic rings. The first kappa shape index (κ1) is 27.9. The van der Waals surface area contributed by atoms with Gasteiger partial charge in [-0.3, -0.25) is 9.80 Å². The average molecular weight is 509 g/mol. The molecule has 0 saturated heterocycles. The highest BCUT2D eigenvalue weighted by molar-refractivity contribution is 5.11. The number of rotatable bonds is 6. The Morgan fingerprint density at radius 3 is 1.35 bits per heavy atom. The minimum Gasteiger partial charge on any atom is -0.294 e. The lowest BCUT2D eigenvalue weighted by atomic mass is 9.74. The largest absolute Gasteiger partial charge is 0.294 e. The minimum atomic E-state index is 0.395. The van der Waals surface area contributed by atoms with E-state index in [1.165, 1.54) is 116 Å². The quantitative estimate of drug-likeness (QED) is 0.330. The van der Waals surface area contributed by atoms with E-state index in [4.69, 9.17) is 0 Å². The van der Waals surface area contributed by atoms with Gasteiger partial charge in [0, 0.05) is 36.3 Å². The van der Waals surface area contributed by atoms with Gasteiger partial charge < -0.3 is 0 Å². The predicted molar refractivity (Wildman–Crippen MR) is 160 cm³/mol. The monoisotopic (exact) mass is 508 g/mol. The minimum absolute atomic E-state index is 0.395. The van der Waals surface area contributed by atoms with Crippen molar-refractivity contribution in [3.63, 3.8) is 0 Å². The summed E-state index contributed by atoms with van der Waals surface area (Å²) in [6, 6.07) is 4.74. The van der Waals surface area contributed by atoms with Crippen molar-refractivity contribution in [3.8, 4) is 0 Å². The van der Waals surface area contributed by atoms with Gasteiger partial charge in [0.1, 0.15) is 0 Å². The Hall–Kier alpha value is -0.600. The molecule has 4 atom stereocenters. The van der Waals surface area contributed by atoms with Crippen LogP contribution in [0.4, 0.5) is 0 Å². The molecular formula is C35H60N2. The molecule has 0 spiro atoms. The summed E-state index contributed by atoms with van der Waals surface area (Å²) in [7, 11) is 0. The predicted octanol–water partition coefficient (Wildman–Crippen LogP) is 9.30. The van der Waals surface area contributed by atoms with Crippen LogP contribution in [-0.4, -0.2) is 46.1 Å². The number of allylic oxidation sites excluding steroid dienone is 2. The van der Waals surface area contributed by atoms with E-state index in [0.29, 0.717) is 17.5 Å². The summed E-state index contributed by atoms with van der Waals surface area (Å²) in [5.74, 6) is 1.50. The smallest absolute Gasteiger partial charge is 0.0287 e. The van der Waals surface area contributed by atoms with Crippen LogP contribution in [0.1, 0.15) is 143 Å². The fraction of sp³-hybridized carbons (Fsp3) is 0.886. The maximum atomic E-state index is 3.16. The van der Waals surface area contributed by atoms with Crippen molar-refractivity contribution in [1.29, 1.82) is 0 Å². The van der Waals surface area contributed by atoms with Crippen molar-refractivity contribution in [1.82, 2.24) is 9.80 Å². The second-order valence-electron chi connectivity index (χ2n) is 14.9. The van der Waals surface area contributed by atoms with Gasteiger partial charge in [0.15, 0.2) is 0 Å². The molecule has 0 aromatic carbocycles. The second-order valence-corrected chi connectivity index (χ2v) is 14.9. The zero-order valence-electron chi connectivity index (χ0n) is 25.1. The van der Waals surface area contributed by atoms with E-state index in [1.807, 2.05) is 0 Å². The third-order valence-electron chi connectivity index (χ3n) is 11.3. The topological polar surface area (TPSA) is 6.48 Å². The van der Waals surface area contributed by atoms with E-state index < -0.39 is 0 Å². The van der Waals surface area contributed by atoms with E-state index in [1.54, 1.807) is 0 Å². The molecule has 0 radical (unpaired) electrons. The molecule has 0 amide bonds. The molecule has 37 heavy (non-hydrogen) atoms. The van der Waals surface area contributed by atoms with E-state index in [-0.39, 0.29) is 0 Å². The van der Waals surface area contributed by atoms with Gasteiger partial charge in [-0.1, -0.05) is 90.5 Å². The van der Waals surface area contributed by atoms with Crippen molar-refractivity contribution >= 4 is 0 Å². The molecular weight excluding hydrogens is 448 g/mol. The van der Waals surface area contributed by atoms with Gasteiger partial charge in [-0.25, -0.2) is 0 Å². The van der Waals surface area contributed by atoms with Crippen LogP contribution in [0, 0.1) is 17.3 Å². The van der Waals surface area contributed by atoms with E-state index in [9.17, 15) is 0 Å². The number of hydrogen-bond acceptors (Lipinski definition) is 2. The Bertz CT molecular complexity index is 724.